The van der Waals surface area contributed by atoms with Gasteiger partial charge < -0.3 is 20.7 Å². The van der Waals surface area contributed by atoms with Crippen molar-refractivity contribution >= 4 is 23.2 Å². The number of amides is 1. The molecule has 5 nitrogen and oxygen atoms in total. The monoisotopic (exact) mass is 269 g/mol. The Labute approximate surface area is 111 Å². The zero-order chi connectivity index (χ0) is 13.1. The van der Waals surface area contributed by atoms with E-state index in [2.05, 4.69) is 5.32 Å². The zero-order valence-corrected chi connectivity index (χ0v) is 10.9. The lowest BCUT2D eigenvalue weighted by Gasteiger charge is -2.34. The Morgan fingerprint density at radius 2 is 2.39 bits per heavy atom. The summed E-state index contributed by atoms with van der Waals surface area (Å²) in [5, 5.41) is 3.45. The van der Waals surface area contributed by atoms with Crippen molar-refractivity contribution in [3.05, 3.63) is 23.2 Å². The Morgan fingerprint density at radius 1 is 1.61 bits per heavy atom. The Bertz CT molecular complexity index is 453. The second kappa shape index (κ2) is 5.46. The number of ether oxygens (including phenoxy) is 1. The number of methoxy groups -OCH3 is 1. The highest BCUT2D eigenvalue weighted by Gasteiger charge is 2.25. The molecule has 0 aromatic heterocycles. The van der Waals surface area contributed by atoms with Crippen LogP contribution >= 0.6 is 11.6 Å². The van der Waals surface area contributed by atoms with Gasteiger partial charge in [0.05, 0.1) is 25.4 Å². The van der Waals surface area contributed by atoms with Gasteiger partial charge in [-0.1, -0.05) is 11.6 Å². The van der Waals surface area contributed by atoms with Crippen molar-refractivity contribution in [1.82, 2.24) is 5.32 Å². The number of halogens is 1. The van der Waals surface area contributed by atoms with Crippen molar-refractivity contribution in [2.45, 2.75) is 6.04 Å². The van der Waals surface area contributed by atoms with Gasteiger partial charge in [0.25, 0.3) is 0 Å². The molecule has 1 saturated heterocycles. The lowest BCUT2D eigenvalue weighted by atomic mass is 10.1. The minimum absolute atomic E-state index is 0.0428. The molecular weight excluding hydrogens is 254 g/mol. The van der Waals surface area contributed by atoms with Crippen LogP contribution in [-0.4, -0.2) is 38.7 Å². The van der Waals surface area contributed by atoms with Crippen LogP contribution in [0.5, 0.6) is 5.75 Å². The second-order valence-electron chi connectivity index (χ2n) is 4.20. The molecule has 6 heteroatoms. The summed E-state index contributed by atoms with van der Waals surface area (Å²) in [6, 6.07) is 5.30. The van der Waals surface area contributed by atoms with Gasteiger partial charge in [-0.3, -0.25) is 4.79 Å². The average molecular weight is 270 g/mol. The molecule has 0 radical (unpaired) electrons. The van der Waals surface area contributed by atoms with E-state index in [-0.39, 0.29) is 18.5 Å². The van der Waals surface area contributed by atoms with Crippen LogP contribution < -0.4 is 20.7 Å². The van der Waals surface area contributed by atoms with Gasteiger partial charge >= 0.3 is 0 Å². The lowest BCUT2D eigenvalue weighted by Crippen LogP contribution is -2.56. The molecular formula is C12H16ClN3O2. The summed E-state index contributed by atoms with van der Waals surface area (Å²) in [4.78, 5) is 13.6. The van der Waals surface area contributed by atoms with Crippen molar-refractivity contribution in [3.63, 3.8) is 0 Å². The predicted octanol–water partition coefficient (Wildman–Crippen LogP) is 0.612. The number of nitrogens with two attached hydrogens (primary N) is 1. The third kappa shape index (κ3) is 2.68. The fourth-order valence-electron chi connectivity index (χ4n) is 2.05. The summed E-state index contributed by atoms with van der Waals surface area (Å²) in [6.45, 7) is 1.34. The molecule has 1 amide bonds. The van der Waals surface area contributed by atoms with E-state index in [0.29, 0.717) is 23.9 Å². The number of nitrogens with zero attached hydrogens (tertiary/aromatic N) is 1. The first kappa shape index (κ1) is 13.0. The number of hydrogen-bond acceptors (Lipinski definition) is 4. The molecule has 1 unspecified atom stereocenters. The van der Waals surface area contributed by atoms with Crippen LogP contribution in [0.4, 0.5) is 5.69 Å². The highest BCUT2D eigenvalue weighted by Crippen LogP contribution is 2.31. The third-order valence-corrected chi connectivity index (χ3v) is 3.14. The summed E-state index contributed by atoms with van der Waals surface area (Å²) in [5.74, 6) is 0.656. The molecule has 0 saturated carbocycles. The quantitative estimate of drug-likeness (QED) is 0.844. The predicted molar refractivity (Wildman–Crippen MR) is 71.2 cm³/mol. The fraction of sp³-hybridized carbons (Fsp3) is 0.417. The molecule has 98 valence electrons. The molecule has 0 bridgehead atoms. The van der Waals surface area contributed by atoms with Crippen LogP contribution in [0.3, 0.4) is 0 Å². The van der Waals surface area contributed by atoms with Gasteiger partial charge in [0.2, 0.25) is 5.91 Å². The molecule has 18 heavy (non-hydrogen) atoms. The first-order valence-electron chi connectivity index (χ1n) is 5.72. The largest absolute Gasteiger partial charge is 0.495 e. The van der Waals surface area contributed by atoms with Crippen LogP contribution in [0.15, 0.2) is 18.2 Å². The highest BCUT2D eigenvalue weighted by atomic mass is 35.5. The van der Waals surface area contributed by atoms with Gasteiger partial charge in [-0.05, 0) is 18.2 Å². The second-order valence-corrected chi connectivity index (χ2v) is 4.63. The van der Waals surface area contributed by atoms with Gasteiger partial charge in [-0.2, -0.15) is 0 Å². The number of piperazine rings is 1. The maximum absolute atomic E-state index is 11.6. The van der Waals surface area contributed by atoms with Crippen LogP contribution in [0.25, 0.3) is 0 Å². The average Bonchev–Trinajstić information content (AvgIpc) is 2.38. The van der Waals surface area contributed by atoms with Crippen LogP contribution in [0, 0.1) is 0 Å². The van der Waals surface area contributed by atoms with Crippen molar-refractivity contribution < 1.29 is 9.53 Å². The molecule has 3 N–H and O–H groups in total. The number of carbonyl (C=O) groups is 1. The van der Waals surface area contributed by atoms with Crippen molar-refractivity contribution in [2.24, 2.45) is 5.73 Å². The molecule has 1 aromatic carbocycles. The van der Waals surface area contributed by atoms with E-state index in [9.17, 15) is 4.79 Å². The normalized spacial score (nSPS) is 19.6. The number of hydrogen-bond donors (Lipinski definition) is 2. The van der Waals surface area contributed by atoms with Gasteiger partial charge in [0, 0.05) is 18.1 Å². The zero-order valence-electron chi connectivity index (χ0n) is 10.1. The minimum atomic E-state index is -0.0464. The Kier molecular flexibility index (Phi) is 3.93. The molecule has 0 aliphatic carbocycles. The van der Waals surface area contributed by atoms with E-state index < -0.39 is 0 Å². The van der Waals surface area contributed by atoms with E-state index in [0.717, 1.165) is 5.69 Å². The molecule has 2 rings (SSSR count). The van der Waals surface area contributed by atoms with Gasteiger partial charge in [-0.25, -0.2) is 0 Å². The summed E-state index contributed by atoms with van der Waals surface area (Å²) in [6.07, 6.45) is 0. The summed E-state index contributed by atoms with van der Waals surface area (Å²) < 4.78 is 5.29. The minimum Gasteiger partial charge on any atom is -0.495 e. The Balaban J connectivity index is 2.29. The standard InChI is InChI=1S/C12H16ClN3O2/c1-18-11-3-2-8(13)4-10(11)16-6-9(5-14)15-12(17)7-16/h2-4,9H,5-7,14H2,1H3,(H,15,17). The molecule has 1 atom stereocenters. The molecule has 1 aromatic rings. The smallest absolute Gasteiger partial charge is 0.239 e. The van der Waals surface area contributed by atoms with E-state index in [1.807, 2.05) is 4.90 Å². The Hall–Kier alpha value is -1.46. The van der Waals surface area contributed by atoms with Crippen LogP contribution in [0.1, 0.15) is 0 Å². The van der Waals surface area contributed by atoms with Crippen molar-refractivity contribution in [2.75, 3.05) is 31.6 Å². The van der Waals surface area contributed by atoms with Gasteiger partial charge in [0.1, 0.15) is 5.75 Å². The SMILES string of the molecule is COc1ccc(Cl)cc1N1CC(=O)NC(CN)C1. The summed E-state index contributed by atoms with van der Waals surface area (Å²) >= 11 is 5.99. The van der Waals surface area contributed by atoms with Crippen molar-refractivity contribution in [3.8, 4) is 5.75 Å². The third-order valence-electron chi connectivity index (χ3n) is 2.91. The number of anilines is 1. The topological polar surface area (TPSA) is 67.6 Å². The number of carbonyl (C=O) groups excluding carboxylic acids is 1. The maximum Gasteiger partial charge on any atom is 0.239 e. The number of rotatable bonds is 3. The van der Waals surface area contributed by atoms with E-state index in [1.165, 1.54) is 0 Å². The molecule has 1 aliphatic heterocycles. The van der Waals surface area contributed by atoms with Crippen LogP contribution in [0.2, 0.25) is 5.02 Å². The van der Waals surface area contributed by atoms with Gasteiger partial charge in [-0.15, -0.1) is 0 Å². The fourth-order valence-corrected chi connectivity index (χ4v) is 2.22. The molecule has 1 fully saturated rings. The van der Waals surface area contributed by atoms with Gasteiger partial charge in [0.15, 0.2) is 0 Å². The first-order chi connectivity index (χ1) is 8.63. The summed E-state index contributed by atoms with van der Waals surface area (Å²) in [7, 11) is 1.59. The Morgan fingerprint density at radius 3 is 3.06 bits per heavy atom. The first-order valence-corrected chi connectivity index (χ1v) is 6.09. The van der Waals surface area contributed by atoms with Crippen molar-refractivity contribution in [1.29, 1.82) is 0 Å². The summed E-state index contributed by atoms with van der Waals surface area (Å²) in [5.41, 5.74) is 6.43. The number of benzene rings is 1. The highest BCUT2D eigenvalue weighted by molar-refractivity contribution is 6.31. The molecule has 1 aliphatic rings. The van der Waals surface area contributed by atoms with E-state index in [1.54, 1.807) is 25.3 Å². The van der Waals surface area contributed by atoms with E-state index in [4.69, 9.17) is 22.1 Å². The molecule has 1 heterocycles. The lowest BCUT2D eigenvalue weighted by molar-refractivity contribution is -0.121. The molecule has 0 spiro atoms. The maximum atomic E-state index is 11.6. The van der Waals surface area contributed by atoms with E-state index >= 15 is 0 Å². The number of nitrogens with one attached hydrogen (secondary N) is 1. The van der Waals surface area contributed by atoms with Crippen LogP contribution in [-0.2, 0) is 4.79 Å².